The lowest BCUT2D eigenvalue weighted by Gasteiger charge is -2.19. The standard InChI is InChI=1S/C5H12BN/c1-7-4-2-6-3-5-7/h6H,2-5H2,1H3. The number of rotatable bonds is 0. The van der Waals surface area contributed by atoms with E-state index in [4.69, 9.17) is 0 Å². The highest BCUT2D eigenvalue weighted by Crippen LogP contribution is 1.98. The van der Waals surface area contributed by atoms with Gasteiger partial charge in [-0.3, -0.25) is 0 Å². The zero-order valence-corrected chi connectivity index (χ0v) is 4.98. The van der Waals surface area contributed by atoms with Gasteiger partial charge >= 0.3 is 0 Å². The van der Waals surface area contributed by atoms with Crippen LogP contribution in [-0.4, -0.2) is 32.3 Å². The lowest BCUT2D eigenvalue weighted by Crippen LogP contribution is -2.27. The summed E-state index contributed by atoms with van der Waals surface area (Å²) in [4.78, 5) is 2.39. The molecule has 0 radical (unpaired) electrons. The second-order valence-electron chi connectivity index (χ2n) is 2.36. The topological polar surface area (TPSA) is 3.24 Å². The number of nitrogens with zero attached hydrogens (tertiary/aromatic N) is 1. The summed E-state index contributed by atoms with van der Waals surface area (Å²) in [6, 6.07) is 0. The Balaban J connectivity index is 2.12. The molecule has 40 valence electrons. The molecule has 1 nitrogen and oxygen atoms in total. The third-order valence-electron chi connectivity index (χ3n) is 1.58. The molecule has 0 amide bonds. The Morgan fingerprint density at radius 2 is 1.86 bits per heavy atom. The van der Waals surface area contributed by atoms with Gasteiger partial charge in [0.15, 0.2) is 0 Å². The molecule has 0 aliphatic carbocycles. The van der Waals surface area contributed by atoms with Gasteiger partial charge in [-0.2, -0.15) is 0 Å². The zero-order chi connectivity index (χ0) is 5.11. The monoisotopic (exact) mass is 97.1 g/mol. The van der Waals surface area contributed by atoms with Crippen LogP contribution in [0, 0.1) is 0 Å². The van der Waals surface area contributed by atoms with Crippen LogP contribution in [0.4, 0.5) is 0 Å². The predicted molar refractivity (Wildman–Crippen MR) is 34.3 cm³/mol. The van der Waals surface area contributed by atoms with E-state index in [2.05, 4.69) is 11.9 Å². The van der Waals surface area contributed by atoms with Crippen molar-refractivity contribution in [3.8, 4) is 0 Å². The van der Waals surface area contributed by atoms with Crippen LogP contribution in [-0.2, 0) is 0 Å². The van der Waals surface area contributed by atoms with Crippen molar-refractivity contribution in [3.63, 3.8) is 0 Å². The number of hydrogen-bond acceptors (Lipinski definition) is 1. The second kappa shape index (κ2) is 2.36. The molecule has 0 spiro atoms. The highest BCUT2D eigenvalue weighted by molar-refractivity contribution is 6.35. The Morgan fingerprint density at radius 3 is 2.14 bits per heavy atom. The molecule has 0 aromatic carbocycles. The van der Waals surface area contributed by atoms with Crippen LogP contribution in [0.1, 0.15) is 0 Å². The molecule has 1 heterocycles. The van der Waals surface area contributed by atoms with Gasteiger partial charge in [-0.25, -0.2) is 0 Å². The normalized spacial score (nSPS) is 24.1. The first kappa shape index (κ1) is 5.17. The molecule has 1 rings (SSSR count). The SMILES string of the molecule is CN1CCBCC1. The molecule has 0 bridgehead atoms. The van der Waals surface area contributed by atoms with E-state index in [1.54, 1.807) is 0 Å². The van der Waals surface area contributed by atoms with Gasteiger partial charge in [0.1, 0.15) is 7.28 Å². The molecule has 0 saturated carbocycles. The molecule has 1 aliphatic heterocycles. The van der Waals surface area contributed by atoms with Gasteiger partial charge in [0, 0.05) is 0 Å². The summed E-state index contributed by atoms with van der Waals surface area (Å²) < 4.78 is 0. The van der Waals surface area contributed by atoms with Crippen LogP contribution in [0.25, 0.3) is 0 Å². The van der Waals surface area contributed by atoms with E-state index in [-0.39, 0.29) is 0 Å². The Morgan fingerprint density at radius 1 is 1.29 bits per heavy atom. The Bertz CT molecular complexity index is 50.0. The average Bonchev–Trinajstić information content (AvgIpc) is 1.69. The van der Waals surface area contributed by atoms with Crippen LogP contribution < -0.4 is 0 Å². The van der Waals surface area contributed by atoms with E-state index >= 15 is 0 Å². The lowest BCUT2D eigenvalue weighted by molar-refractivity contribution is 0.360. The van der Waals surface area contributed by atoms with Gasteiger partial charge in [-0.1, -0.05) is 12.6 Å². The Hall–Kier alpha value is 0.0249. The Labute approximate surface area is 45.9 Å². The molecule has 0 aromatic rings. The minimum absolute atomic E-state index is 1.32. The molecular formula is C5H12BN. The van der Waals surface area contributed by atoms with E-state index in [0.717, 1.165) is 0 Å². The molecule has 0 aromatic heterocycles. The van der Waals surface area contributed by atoms with Crippen molar-refractivity contribution in [1.29, 1.82) is 0 Å². The summed E-state index contributed by atoms with van der Waals surface area (Å²) in [7, 11) is 3.64. The first-order valence-electron chi connectivity index (χ1n) is 3.08. The zero-order valence-electron chi connectivity index (χ0n) is 4.98. The Kier molecular flexibility index (Phi) is 1.74. The summed E-state index contributed by atoms with van der Waals surface area (Å²) in [5.41, 5.74) is 0. The van der Waals surface area contributed by atoms with Crippen LogP contribution >= 0.6 is 0 Å². The maximum atomic E-state index is 2.39. The van der Waals surface area contributed by atoms with Gasteiger partial charge < -0.3 is 4.90 Å². The van der Waals surface area contributed by atoms with Gasteiger partial charge in [-0.15, -0.1) is 0 Å². The van der Waals surface area contributed by atoms with Crippen LogP contribution in [0.3, 0.4) is 0 Å². The third-order valence-corrected chi connectivity index (χ3v) is 1.58. The first-order chi connectivity index (χ1) is 3.39. The van der Waals surface area contributed by atoms with Gasteiger partial charge in [-0.05, 0) is 20.1 Å². The van der Waals surface area contributed by atoms with Crippen molar-refractivity contribution < 1.29 is 0 Å². The van der Waals surface area contributed by atoms with Gasteiger partial charge in [0.25, 0.3) is 0 Å². The predicted octanol–water partition coefficient (Wildman–Crippen LogP) is 0.205. The molecular weight excluding hydrogens is 84.9 g/mol. The summed E-state index contributed by atoms with van der Waals surface area (Å²) >= 11 is 0. The minimum atomic E-state index is 1.32. The van der Waals surface area contributed by atoms with Crippen molar-refractivity contribution in [2.75, 3.05) is 20.1 Å². The summed E-state index contributed by atoms with van der Waals surface area (Å²) in [6.07, 6.45) is 2.83. The quantitative estimate of drug-likeness (QED) is 0.390. The van der Waals surface area contributed by atoms with Crippen molar-refractivity contribution in [1.82, 2.24) is 4.90 Å². The van der Waals surface area contributed by atoms with E-state index in [9.17, 15) is 0 Å². The fourth-order valence-electron chi connectivity index (χ4n) is 1.05. The van der Waals surface area contributed by atoms with E-state index in [1.165, 1.54) is 33.0 Å². The molecule has 0 atom stereocenters. The molecule has 1 aliphatic rings. The van der Waals surface area contributed by atoms with Crippen LogP contribution in [0.5, 0.6) is 0 Å². The first-order valence-corrected chi connectivity index (χ1v) is 3.08. The van der Waals surface area contributed by atoms with Gasteiger partial charge in [0.05, 0.1) is 0 Å². The van der Waals surface area contributed by atoms with Crippen molar-refractivity contribution in [2.45, 2.75) is 12.6 Å². The van der Waals surface area contributed by atoms with Crippen molar-refractivity contribution in [3.05, 3.63) is 0 Å². The molecule has 0 unspecified atom stereocenters. The summed E-state index contributed by atoms with van der Waals surface area (Å²) in [6.45, 7) is 2.64. The van der Waals surface area contributed by atoms with E-state index in [1.807, 2.05) is 0 Å². The van der Waals surface area contributed by atoms with E-state index < -0.39 is 0 Å². The van der Waals surface area contributed by atoms with Crippen LogP contribution in [0.2, 0.25) is 12.6 Å². The highest BCUT2D eigenvalue weighted by Gasteiger charge is 2.03. The minimum Gasteiger partial charge on any atom is -0.308 e. The maximum Gasteiger partial charge on any atom is 0.123 e. The maximum absolute atomic E-state index is 2.39. The molecule has 1 saturated heterocycles. The molecule has 2 heteroatoms. The molecule has 1 fully saturated rings. The summed E-state index contributed by atoms with van der Waals surface area (Å²) in [5.74, 6) is 0. The van der Waals surface area contributed by atoms with Crippen molar-refractivity contribution in [2.24, 2.45) is 0 Å². The van der Waals surface area contributed by atoms with Crippen LogP contribution in [0.15, 0.2) is 0 Å². The van der Waals surface area contributed by atoms with Crippen molar-refractivity contribution >= 4 is 7.28 Å². The largest absolute Gasteiger partial charge is 0.308 e. The number of hydrogen-bond donors (Lipinski definition) is 0. The molecule has 0 N–H and O–H groups in total. The summed E-state index contributed by atoms with van der Waals surface area (Å²) in [5, 5.41) is 0. The second-order valence-corrected chi connectivity index (χ2v) is 2.36. The highest BCUT2D eigenvalue weighted by atomic mass is 15.1. The third kappa shape index (κ3) is 1.52. The fourth-order valence-corrected chi connectivity index (χ4v) is 1.05. The fraction of sp³-hybridized carbons (Fsp3) is 1.00. The van der Waals surface area contributed by atoms with E-state index in [0.29, 0.717) is 0 Å². The lowest BCUT2D eigenvalue weighted by atomic mass is 9.69. The van der Waals surface area contributed by atoms with Gasteiger partial charge in [0.2, 0.25) is 0 Å². The molecule has 7 heavy (non-hydrogen) atoms. The smallest absolute Gasteiger partial charge is 0.123 e. The average molecular weight is 97.0 g/mol.